The maximum absolute atomic E-state index is 13.9. The lowest BCUT2D eigenvalue weighted by atomic mass is 10.2. The second kappa shape index (κ2) is 11.8. The molecule has 0 unspecified atom stereocenters. The van der Waals surface area contributed by atoms with Crippen molar-refractivity contribution >= 4 is 57.6 Å². The average Bonchev–Trinajstić information content (AvgIpc) is 3.44. The maximum Gasteiger partial charge on any atom is 0.341 e. The zero-order chi connectivity index (χ0) is 28.2. The van der Waals surface area contributed by atoms with Crippen LogP contribution in [0.2, 0.25) is 0 Å². The van der Waals surface area contributed by atoms with Crippen LogP contribution in [0.15, 0.2) is 86.6 Å². The smallest absolute Gasteiger partial charge is 0.341 e. The molecule has 0 bridgehead atoms. The highest BCUT2D eigenvalue weighted by Crippen LogP contribution is 2.51. The number of benzene rings is 3. The topological polar surface area (TPSA) is 118 Å². The molecule has 0 aromatic heterocycles. The van der Waals surface area contributed by atoms with E-state index >= 15 is 0 Å². The molecule has 202 valence electrons. The number of anilines is 2. The van der Waals surface area contributed by atoms with Gasteiger partial charge in [0, 0.05) is 24.6 Å². The Balaban J connectivity index is 1.54. The van der Waals surface area contributed by atoms with Gasteiger partial charge < -0.3 is 20.1 Å². The summed E-state index contributed by atoms with van der Waals surface area (Å²) in [6.45, 7) is 2.56. The van der Waals surface area contributed by atoms with Gasteiger partial charge in [-0.3, -0.25) is 9.69 Å². The third-order valence-electron chi connectivity index (χ3n) is 6.12. The molecule has 2 heterocycles. The van der Waals surface area contributed by atoms with Gasteiger partial charge in [-0.25, -0.2) is 9.79 Å². The number of aliphatic carboxylic acids is 1. The summed E-state index contributed by atoms with van der Waals surface area (Å²) in [5, 5.41) is 23.0. The first kappa shape index (κ1) is 27.2. The molecule has 3 aromatic rings. The molecule has 40 heavy (non-hydrogen) atoms. The van der Waals surface area contributed by atoms with E-state index in [4.69, 9.17) is 14.8 Å². The van der Waals surface area contributed by atoms with Crippen LogP contribution >= 0.6 is 23.5 Å². The van der Waals surface area contributed by atoms with Crippen molar-refractivity contribution in [2.45, 2.75) is 18.4 Å². The Hall–Kier alpha value is -4.40. The summed E-state index contributed by atoms with van der Waals surface area (Å²) >= 11 is 2.76. The highest BCUT2D eigenvalue weighted by Gasteiger charge is 2.39. The van der Waals surface area contributed by atoms with Crippen LogP contribution in [-0.2, 0) is 16.1 Å². The van der Waals surface area contributed by atoms with Crippen LogP contribution < -0.4 is 15.0 Å². The third-order valence-corrected chi connectivity index (χ3v) is 8.55. The van der Waals surface area contributed by atoms with Crippen molar-refractivity contribution in [3.63, 3.8) is 0 Å². The number of amidine groups is 1. The third kappa shape index (κ3) is 5.64. The monoisotopic (exact) mass is 571 g/mol. The van der Waals surface area contributed by atoms with Gasteiger partial charge >= 0.3 is 5.97 Å². The Labute approximate surface area is 240 Å². The molecule has 0 spiro atoms. The Bertz CT molecular complexity index is 1580. The van der Waals surface area contributed by atoms with Crippen molar-refractivity contribution in [2.75, 3.05) is 30.4 Å². The number of nitrogens with zero attached hydrogens (tertiary/aromatic N) is 4. The van der Waals surface area contributed by atoms with Crippen LogP contribution in [0.4, 0.5) is 17.1 Å². The number of aliphatic imine (C=N–C) groups is 1. The molecule has 3 aromatic carbocycles. The number of hydrogen-bond acceptors (Lipinski definition) is 9. The van der Waals surface area contributed by atoms with Crippen LogP contribution in [0.1, 0.15) is 18.1 Å². The minimum Gasteiger partial charge on any atom is -0.482 e. The van der Waals surface area contributed by atoms with Crippen molar-refractivity contribution < 1.29 is 19.4 Å². The van der Waals surface area contributed by atoms with Gasteiger partial charge in [-0.15, -0.1) is 0 Å². The summed E-state index contributed by atoms with van der Waals surface area (Å²) in [5.41, 5.74) is 3.61. The molecule has 2 aliphatic heterocycles. The molecule has 0 radical (unpaired) electrons. The first-order chi connectivity index (χ1) is 19.4. The molecule has 1 saturated heterocycles. The fourth-order valence-electron chi connectivity index (χ4n) is 4.22. The van der Waals surface area contributed by atoms with E-state index in [2.05, 4.69) is 11.4 Å². The van der Waals surface area contributed by atoms with Crippen molar-refractivity contribution in [1.82, 2.24) is 4.90 Å². The number of nitrogens with one attached hydrogen (secondary N) is 1. The van der Waals surface area contributed by atoms with E-state index in [0.717, 1.165) is 26.9 Å². The fraction of sp³-hybridized carbons (Fsp3) is 0.172. The minimum absolute atomic E-state index is 0.168. The molecule has 0 aliphatic carbocycles. The van der Waals surface area contributed by atoms with Gasteiger partial charge in [0.25, 0.3) is 5.91 Å². The molecule has 2 aliphatic rings. The van der Waals surface area contributed by atoms with Crippen LogP contribution in [0, 0.1) is 11.3 Å². The largest absolute Gasteiger partial charge is 0.482 e. The van der Waals surface area contributed by atoms with Crippen molar-refractivity contribution in [3.8, 4) is 11.8 Å². The highest BCUT2D eigenvalue weighted by atomic mass is 32.2. The molecule has 0 saturated carbocycles. The van der Waals surface area contributed by atoms with Gasteiger partial charge in [0.05, 0.1) is 40.3 Å². The van der Waals surface area contributed by atoms with Gasteiger partial charge in [0.15, 0.2) is 11.8 Å². The Morgan fingerprint density at radius 3 is 2.65 bits per heavy atom. The Kier molecular flexibility index (Phi) is 8.00. The number of carboxylic acids is 1. The number of nitriles is 1. The van der Waals surface area contributed by atoms with Crippen molar-refractivity contribution in [2.24, 2.45) is 4.99 Å². The number of fused-ring (bicyclic) bond motifs is 1. The van der Waals surface area contributed by atoms with E-state index in [9.17, 15) is 14.9 Å². The SMILES string of the molecule is CCNc1ccc(C#N)cc1N=C1S/C(=C2\Sc3ccc(OCC(=O)O)cc3N2C)C(=O)N1Cc1ccccc1. The van der Waals surface area contributed by atoms with Gasteiger partial charge in [0.2, 0.25) is 0 Å². The molecular formula is C29H25N5O4S2. The van der Waals surface area contributed by atoms with Crippen LogP contribution in [0.5, 0.6) is 5.75 Å². The number of hydrogen-bond donors (Lipinski definition) is 2. The normalized spacial score (nSPS) is 17.2. The summed E-state index contributed by atoms with van der Waals surface area (Å²) in [6, 6.07) is 22.5. The van der Waals surface area contributed by atoms with Crippen LogP contribution in [0.3, 0.4) is 0 Å². The number of carbonyl (C=O) groups is 2. The van der Waals surface area contributed by atoms with Gasteiger partial charge in [-0.1, -0.05) is 42.1 Å². The summed E-state index contributed by atoms with van der Waals surface area (Å²) in [6.07, 6.45) is 0. The van der Waals surface area contributed by atoms with Crippen LogP contribution in [0.25, 0.3) is 0 Å². The first-order valence-corrected chi connectivity index (χ1v) is 14.1. The van der Waals surface area contributed by atoms with Gasteiger partial charge in [-0.05, 0) is 54.6 Å². The van der Waals surface area contributed by atoms with E-state index in [1.165, 1.54) is 23.5 Å². The molecule has 9 nitrogen and oxygen atoms in total. The molecule has 1 amide bonds. The highest BCUT2D eigenvalue weighted by molar-refractivity contribution is 8.19. The lowest BCUT2D eigenvalue weighted by Crippen LogP contribution is -2.29. The second-order valence-corrected chi connectivity index (χ2v) is 10.9. The van der Waals surface area contributed by atoms with Gasteiger partial charge in [-0.2, -0.15) is 5.26 Å². The summed E-state index contributed by atoms with van der Waals surface area (Å²) in [4.78, 5) is 34.8. The van der Waals surface area contributed by atoms with E-state index in [0.29, 0.717) is 40.2 Å². The summed E-state index contributed by atoms with van der Waals surface area (Å²) in [7, 11) is 1.87. The van der Waals surface area contributed by atoms with Crippen molar-refractivity contribution in [1.29, 1.82) is 5.26 Å². The van der Waals surface area contributed by atoms with E-state index in [1.807, 2.05) is 61.3 Å². The molecular weight excluding hydrogens is 546 g/mol. The predicted molar refractivity (Wildman–Crippen MR) is 158 cm³/mol. The van der Waals surface area contributed by atoms with Crippen molar-refractivity contribution in [3.05, 3.63) is 87.8 Å². The first-order valence-electron chi connectivity index (χ1n) is 12.4. The molecule has 11 heteroatoms. The zero-order valence-corrected chi connectivity index (χ0v) is 23.4. The lowest BCUT2D eigenvalue weighted by Gasteiger charge is -2.17. The standard InChI is InChI=1S/C29H25N5O4S2/c1-3-31-21-11-9-19(15-30)13-22(21)32-29-34(16-18-7-5-4-6-8-18)27(37)26(40-29)28-33(2)23-14-20(38-17-25(35)36)10-12-24(23)39-28/h4-14,31H,3,16-17H2,1-2H3,(H,35,36)/b28-26-,32-29?. The quantitative estimate of drug-likeness (QED) is 0.332. The molecule has 0 atom stereocenters. The molecule has 1 fully saturated rings. The number of carboxylic acid groups (broad SMARTS) is 1. The number of rotatable bonds is 8. The number of ether oxygens (including phenoxy) is 1. The van der Waals surface area contributed by atoms with E-state index in [1.54, 1.807) is 29.2 Å². The zero-order valence-electron chi connectivity index (χ0n) is 21.7. The summed E-state index contributed by atoms with van der Waals surface area (Å²) in [5.74, 6) is -0.785. The summed E-state index contributed by atoms with van der Waals surface area (Å²) < 4.78 is 5.36. The number of thioether (sulfide) groups is 2. The minimum atomic E-state index is -1.05. The van der Waals surface area contributed by atoms with E-state index in [-0.39, 0.29) is 5.91 Å². The fourth-order valence-corrected chi connectivity index (χ4v) is 6.54. The Morgan fingerprint density at radius 2 is 1.93 bits per heavy atom. The van der Waals surface area contributed by atoms with Gasteiger partial charge in [0.1, 0.15) is 10.7 Å². The molecule has 2 N–H and O–H groups in total. The Morgan fingerprint density at radius 1 is 1.12 bits per heavy atom. The predicted octanol–water partition coefficient (Wildman–Crippen LogP) is 5.63. The lowest BCUT2D eigenvalue weighted by molar-refractivity contribution is -0.139. The second-order valence-electron chi connectivity index (χ2n) is 8.85. The number of amides is 1. The maximum atomic E-state index is 13.9. The van der Waals surface area contributed by atoms with E-state index < -0.39 is 12.6 Å². The number of carbonyl (C=O) groups excluding carboxylic acids is 1. The van der Waals surface area contributed by atoms with Crippen LogP contribution in [-0.4, -0.2) is 47.2 Å². The molecule has 5 rings (SSSR count). The average molecular weight is 572 g/mol.